The van der Waals surface area contributed by atoms with E-state index < -0.39 is 30.1 Å². The smallest absolute Gasteiger partial charge is 0.324 e. The SMILES string of the molecule is CCC[C@@H]1NC(=O)[C@@H](C(C)C)OC(=O)[C@@H](Cc2cccc3ccccc23)NCCOc2ccccc2CCCNC1=O. The molecule has 0 bridgehead atoms. The number of aryl methyl sites for hydroxylation is 1. The van der Waals surface area contributed by atoms with Crippen molar-refractivity contribution in [2.45, 2.75) is 71.1 Å². The number of carbonyl (C=O) groups is 3. The van der Waals surface area contributed by atoms with E-state index in [1.54, 1.807) is 0 Å². The van der Waals surface area contributed by atoms with Gasteiger partial charge in [0.1, 0.15) is 24.4 Å². The van der Waals surface area contributed by atoms with Crippen LogP contribution in [-0.4, -0.2) is 55.7 Å². The summed E-state index contributed by atoms with van der Waals surface area (Å²) in [4.78, 5) is 40.1. The molecule has 0 radical (unpaired) electrons. The predicted octanol–water partition coefficient (Wildman–Crippen LogP) is 4.33. The molecule has 3 aromatic rings. The van der Waals surface area contributed by atoms with E-state index in [1.165, 1.54) is 0 Å². The lowest BCUT2D eigenvalue weighted by atomic mass is 9.98. The molecule has 0 spiro atoms. The average molecular weight is 574 g/mol. The molecule has 0 aliphatic carbocycles. The van der Waals surface area contributed by atoms with Gasteiger partial charge in [-0.25, -0.2) is 0 Å². The van der Waals surface area contributed by atoms with E-state index in [0.717, 1.165) is 40.5 Å². The van der Waals surface area contributed by atoms with Crippen LogP contribution in [0.5, 0.6) is 5.75 Å². The molecule has 8 heteroatoms. The summed E-state index contributed by atoms with van der Waals surface area (Å²) in [5.74, 6) is -0.719. The van der Waals surface area contributed by atoms with Crippen LogP contribution in [0.15, 0.2) is 66.7 Å². The Morgan fingerprint density at radius 2 is 1.64 bits per heavy atom. The molecule has 224 valence electrons. The molecular weight excluding hydrogens is 530 g/mol. The topological polar surface area (TPSA) is 106 Å². The minimum Gasteiger partial charge on any atom is -0.492 e. The Morgan fingerprint density at radius 1 is 0.881 bits per heavy atom. The standard InChI is InChI=1S/C34H43N3O5/c1-4-11-28-32(38)36-19-10-16-25-13-6-8-18-30(25)41-21-20-35-29(34(40)42-31(23(2)3)33(39)37-28)22-26-15-9-14-24-12-5-7-17-27(24)26/h5-9,12-15,17-18,23,28-29,31,35H,4,10-11,16,19-22H2,1-3H3,(H,36,38)(H,37,39)/t28-,29+,31+/m0/s1. The van der Waals surface area contributed by atoms with E-state index >= 15 is 0 Å². The first-order chi connectivity index (χ1) is 20.4. The molecule has 42 heavy (non-hydrogen) atoms. The number of amides is 2. The lowest BCUT2D eigenvalue weighted by Gasteiger charge is -2.27. The second-order valence-corrected chi connectivity index (χ2v) is 11.2. The summed E-state index contributed by atoms with van der Waals surface area (Å²) in [6, 6.07) is 20.5. The number of benzene rings is 3. The van der Waals surface area contributed by atoms with Gasteiger partial charge in [0.2, 0.25) is 5.91 Å². The molecule has 8 nitrogen and oxygen atoms in total. The fourth-order valence-corrected chi connectivity index (χ4v) is 5.30. The maximum absolute atomic E-state index is 13.7. The third-order valence-electron chi connectivity index (χ3n) is 7.55. The van der Waals surface area contributed by atoms with Gasteiger partial charge in [-0.05, 0) is 59.6 Å². The highest BCUT2D eigenvalue weighted by Gasteiger charge is 2.32. The minimum absolute atomic E-state index is 0.236. The van der Waals surface area contributed by atoms with Crippen LogP contribution in [0.3, 0.4) is 0 Å². The summed E-state index contributed by atoms with van der Waals surface area (Å²) in [5.41, 5.74) is 2.05. The first kappa shape index (κ1) is 31.0. The fraction of sp³-hybridized carbons (Fsp3) is 0.441. The molecule has 2 amide bonds. The Balaban J connectivity index is 1.61. The van der Waals surface area contributed by atoms with Gasteiger partial charge in [0.25, 0.3) is 5.91 Å². The van der Waals surface area contributed by atoms with Crippen molar-refractivity contribution in [1.82, 2.24) is 16.0 Å². The first-order valence-electron chi connectivity index (χ1n) is 15.1. The Labute approximate surface area is 248 Å². The Kier molecular flexibility index (Phi) is 11.3. The maximum atomic E-state index is 13.7. The van der Waals surface area contributed by atoms with E-state index in [2.05, 4.69) is 16.0 Å². The summed E-state index contributed by atoms with van der Waals surface area (Å²) in [6.07, 6.45) is 2.01. The Bertz CT molecular complexity index is 1350. The number of hydrogen-bond donors (Lipinski definition) is 3. The number of cyclic esters (lactones) is 1. The van der Waals surface area contributed by atoms with Gasteiger partial charge in [-0.15, -0.1) is 0 Å². The van der Waals surface area contributed by atoms with Crippen LogP contribution < -0.4 is 20.7 Å². The highest BCUT2D eigenvalue weighted by atomic mass is 16.6. The quantitative estimate of drug-likeness (QED) is 0.393. The van der Waals surface area contributed by atoms with Crippen LogP contribution in [-0.2, 0) is 32.0 Å². The van der Waals surface area contributed by atoms with Crippen LogP contribution in [0.2, 0.25) is 0 Å². The van der Waals surface area contributed by atoms with Gasteiger partial charge >= 0.3 is 5.97 Å². The van der Waals surface area contributed by atoms with Gasteiger partial charge in [-0.2, -0.15) is 0 Å². The number of hydrogen-bond acceptors (Lipinski definition) is 6. The normalized spacial score (nSPS) is 21.3. The number of rotatable bonds is 5. The molecule has 1 aliphatic rings. The van der Waals surface area contributed by atoms with Crippen LogP contribution >= 0.6 is 0 Å². The second kappa shape index (κ2) is 15.4. The van der Waals surface area contributed by atoms with Crippen LogP contribution in [0, 0.1) is 5.92 Å². The zero-order valence-electron chi connectivity index (χ0n) is 24.9. The van der Waals surface area contributed by atoms with Crippen molar-refractivity contribution in [2.24, 2.45) is 5.92 Å². The van der Waals surface area contributed by atoms with Gasteiger partial charge in [-0.3, -0.25) is 14.4 Å². The number of nitrogens with one attached hydrogen (secondary N) is 3. The number of carbonyl (C=O) groups excluding carboxylic acids is 3. The maximum Gasteiger partial charge on any atom is 0.324 e. The fourth-order valence-electron chi connectivity index (χ4n) is 5.30. The summed E-state index contributed by atoms with van der Waals surface area (Å²) in [7, 11) is 0. The zero-order chi connectivity index (χ0) is 29.9. The van der Waals surface area contributed by atoms with Crippen molar-refractivity contribution in [2.75, 3.05) is 19.7 Å². The van der Waals surface area contributed by atoms with Crippen LogP contribution in [0.25, 0.3) is 10.8 Å². The monoisotopic (exact) mass is 573 g/mol. The molecule has 4 rings (SSSR count). The molecule has 3 aromatic carbocycles. The lowest BCUT2D eigenvalue weighted by molar-refractivity contribution is -0.161. The molecule has 0 saturated heterocycles. The summed E-state index contributed by atoms with van der Waals surface area (Å²) < 4.78 is 12.0. The molecular formula is C34H43N3O5. The zero-order valence-corrected chi connectivity index (χ0v) is 24.9. The Morgan fingerprint density at radius 3 is 2.45 bits per heavy atom. The lowest BCUT2D eigenvalue weighted by Crippen LogP contribution is -2.53. The van der Waals surface area contributed by atoms with Crippen molar-refractivity contribution in [1.29, 1.82) is 0 Å². The van der Waals surface area contributed by atoms with Gasteiger partial charge in [0, 0.05) is 13.1 Å². The third kappa shape index (κ3) is 8.32. The Hall–Kier alpha value is -3.91. The van der Waals surface area contributed by atoms with Gasteiger partial charge < -0.3 is 25.4 Å². The summed E-state index contributed by atoms with van der Waals surface area (Å²) in [6.45, 7) is 6.86. The van der Waals surface area contributed by atoms with E-state index in [4.69, 9.17) is 9.47 Å². The van der Waals surface area contributed by atoms with Crippen molar-refractivity contribution in [3.63, 3.8) is 0 Å². The molecule has 0 unspecified atom stereocenters. The van der Waals surface area contributed by atoms with E-state index in [9.17, 15) is 14.4 Å². The summed E-state index contributed by atoms with van der Waals surface area (Å²) in [5, 5.41) is 11.3. The highest BCUT2D eigenvalue weighted by Crippen LogP contribution is 2.22. The molecule has 1 heterocycles. The molecule has 1 aliphatic heterocycles. The van der Waals surface area contributed by atoms with Crippen molar-refractivity contribution < 1.29 is 23.9 Å². The average Bonchev–Trinajstić information content (AvgIpc) is 2.99. The molecule has 0 saturated carbocycles. The van der Waals surface area contributed by atoms with Gasteiger partial charge in [0.05, 0.1) is 0 Å². The van der Waals surface area contributed by atoms with Crippen LogP contribution in [0.4, 0.5) is 0 Å². The number of ether oxygens (including phenoxy) is 2. The molecule has 0 aromatic heterocycles. The number of para-hydroxylation sites is 1. The van der Waals surface area contributed by atoms with Gasteiger partial charge in [0.15, 0.2) is 6.10 Å². The second-order valence-electron chi connectivity index (χ2n) is 11.2. The molecule has 3 atom stereocenters. The van der Waals surface area contributed by atoms with Crippen molar-refractivity contribution in [3.05, 3.63) is 77.9 Å². The third-order valence-corrected chi connectivity index (χ3v) is 7.55. The number of esters is 1. The van der Waals surface area contributed by atoms with E-state index in [0.29, 0.717) is 39.0 Å². The molecule has 0 fully saturated rings. The van der Waals surface area contributed by atoms with Crippen molar-refractivity contribution >= 4 is 28.6 Å². The number of fused-ring (bicyclic) bond motifs is 2. The predicted molar refractivity (Wildman–Crippen MR) is 164 cm³/mol. The van der Waals surface area contributed by atoms with E-state index in [1.807, 2.05) is 87.5 Å². The first-order valence-corrected chi connectivity index (χ1v) is 15.1. The largest absolute Gasteiger partial charge is 0.492 e. The van der Waals surface area contributed by atoms with Crippen molar-refractivity contribution in [3.8, 4) is 5.75 Å². The summed E-state index contributed by atoms with van der Waals surface area (Å²) >= 11 is 0. The highest BCUT2D eigenvalue weighted by molar-refractivity contribution is 5.91. The minimum atomic E-state index is -1.04. The van der Waals surface area contributed by atoms with E-state index in [-0.39, 0.29) is 11.8 Å². The van der Waals surface area contributed by atoms with Gasteiger partial charge in [-0.1, -0.05) is 87.9 Å². The van der Waals surface area contributed by atoms with Crippen LogP contribution in [0.1, 0.15) is 51.2 Å². The molecule has 3 N–H and O–H groups in total.